The number of amides is 1. The van der Waals surface area contributed by atoms with Crippen LogP contribution in [-0.2, 0) is 11.2 Å². The molecule has 1 heterocycles. The summed E-state index contributed by atoms with van der Waals surface area (Å²) in [5, 5.41) is 11.5. The lowest BCUT2D eigenvalue weighted by molar-refractivity contribution is -0.136. The number of benzene rings is 1. The molecule has 4 nitrogen and oxygen atoms in total. The van der Waals surface area contributed by atoms with E-state index >= 15 is 0 Å². The predicted molar refractivity (Wildman–Crippen MR) is 77.8 cm³/mol. The lowest BCUT2D eigenvalue weighted by Gasteiger charge is -2.05. The van der Waals surface area contributed by atoms with Crippen molar-refractivity contribution in [3.63, 3.8) is 0 Å². The molecule has 0 unspecified atom stereocenters. The second kappa shape index (κ2) is 5.99. The van der Waals surface area contributed by atoms with Gasteiger partial charge in [0.15, 0.2) is 0 Å². The normalized spacial score (nSPS) is 10.2. The van der Waals surface area contributed by atoms with Gasteiger partial charge in [-0.1, -0.05) is 12.1 Å². The summed E-state index contributed by atoms with van der Waals surface area (Å²) in [7, 11) is 0. The van der Waals surface area contributed by atoms with Crippen molar-refractivity contribution >= 4 is 44.8 Å². The van der Waals surface area contributed by atoms with Crippen LogP contribution in [0.2, 0.25) is 0 Å². The first kappa shape index (κ1) is 13.8. The maximum absolute atomic E-state index is 11.9. The average Bonchev–Trinajstić information content (AvgIpc) is 2.75. The topological polar surface area (TPSA) is 66.4 Å². The minimum Gasteiger partial charge on any atom is -0.481 e. The van der Waals surface area contributed by atoms with Crippen LogP contribution in [0.15, 0.2) is 40.2 Å². The van der Waals surface area contributed by atoms with Gasteiger partial charge < -0.3 is 10.4 Å². The minimum atomic E-state index is -0.898. The summed E-state index contributed by atoms with van der Waals surface area (Å²) >= 11 is 4.64. The van der Waals surface area contributed by atoms with Gasteiger partial charge in [0.1, 0.15) is 0 Å². The van der Waals surface area contributed by atoms with Crippen LogP contribution < -0.4 is 5.32 Å². The zero-order chi connectivity index (χ0) is 13.8. The summed E-state index contributed by atoms with van der Waals surface area (Å²) in [5.74, 6) is -1.10. The van der Waals surface area contributed by atoms with Crippen LogP contribution in [0.4, 0.5) is 5.69 Å². The van der Waals surface area contributed by atoms with Crippen molar-refractivity contribution < 1.29 is 14.7 Å². The van der Waals surface area contributed by atoms with Gasteiger partial charge in [-0.3, -0.25) is 9.59 Å². The Morgan fingerprint density at radius 1 is 1.26 bits per heavy atom. The molecule has 0 aliphatic heterocycles. The van der Waals surface area contributed by atoms with Crippen LogP contribution in [0.1, 0.15) is 15.2 Å². The molecule has 1 aromatic heterocycles. The van der Waals surface area contributed by atoms with Crippen LogP contribution in [0.5, 0.6) is 0 Å². The maximum Gasteiger partial charge on any atom is 0.307 e. The third kappa shape index (κ3) is 3.90. The number of hydrogen-bond donors (Lipinski definition) is 2. The molecule has 98 valence electrons. The summed E-state index contributed by atoms with van der Waals surface area (Å²) in [6.45, 7) is 0. The zero-order valence-electron chi connectivity index (χ0n) is 9.72. The Bertz CT molecular complexity index is 624. The highest BCUT2D eigenvalue weighted by Gasteiger charge is 2.09. The molecule has 0 bridgehead atoms. The van der Waals surface area contributed by atoms with Gasteiger partial charge in [-0.15, -0.1) is 11.3 Å². The largest absolute Gasteiger partial charge is 0.481 e. The quantitative estimate of drug-likeness (QED) is 0.897. The number of carboxylic acids is 1. The van der Waals surface area contributed by atoms with E-state index in [0.717, 1.165) is 3.79 Å². The Balaban J connectivity index is 2.10. The number of carbonyl (C=O) groups is 2. The van der Waals surface area contributed by atoms with Crippen LogP contribution in [0, 0.1) is 0 Å². The molecule has 0 saturated heterocycles. The number of aliphatic carboxylic acids is 1. The van der Waals surface area contributed by atoms with Crippen molar-refractivity contribution in [1.29, 1.82) is 0 Å². The van der Waals surface area contributed by atoms with Gasteiger partial charge in [-0.25, -0.2) is 0 Å². The number of thiophene rings is 1. The molecule has 0 radical (unpaired) electrons. The fourth-order valence-corrected chi connectivity index (χ4v) is 2.84. The van der Waals surface area contributed by atoms with Crippen molar-refractivity contribution in [1.82, 2.24) is 0 Å². The van der Waals surface area contributed by atoms with Gasteiger partial charge in [0.05, 0.1) is 15.1 Å². The highest BCUT2D eigenvalue weighted by molar-refractivity contribution is 9.11. The van der Waals surface area contributed by atoms with Gasteiger partial charge in [0.25, 0.3) is 5.91 Å². The summed E-state index contributed by atoms with van der Waals surface area (Å²) in [6, 6.07) is 10.4. The molecule has 6 heteroatoms. The SMILES string of the molecule is O=C(O)Cc1cccc(NC(=O)c2ccc(Br)s2)c1. The van der Waals surface area contributed by atoms with E-state index in [4.69, 9.17) is 5.11 Å². The van der Waals surface area contributed by atoms with E-state index in [9.17, 15) is 9.59 Å². The van der Waals surface area contributed by atoms with E-state index in [0.29, 0.717) is 16.1 Å². The number of carboxylic acid groups (broad SMARTS) is 1. The van der Waals surface area contributed by atoms with Gasteiger partial charge in [-0.2, -0.15) is 0 Å². The number of halogens is 1. The van der Waals surface area contributed by atoms with Crippen molar-refractivity contribution in [2.75, 3.05) is 5.32 Å². The first-order chi connectivity index (χ1) is 9.04. The number of nitrogens with one attached hydrogen (secondary N) is 1. The van der Waals surface area contributed by atoms with E-state index in [1.165, 1.54) is 11.3 Å². The standard InChI is InChI=1S/C13H10BrNO3S/c14-11-5-4-10(19-11)13(18)15-9-3-1-2-8(6-9)7-12(16)17/h1-6H,7H2,(H,15,18)(H,16,17). The highest BCUT2D eigenvalue weighted by Crippen LogP contribution is 2.23. The molecule has 19 heavy (non-hydrogen) atoms. The van der Waals surface area contributed by atoms with E-state index < -0.39 is 5.97 Å². The second-order valence-corrected chi connectivity index (χ2v) is 6.29. The maximum atomic E-state index is 11.9. The van der Waals surface area contributed by atoms with E-state index in [1.54, 1.807) is 36.4 Å². The van der Waals surface area contributed by atoms with Crippen LogP contribution >= 0.6 is 27.3 Å². The smallest absolute Gasteiger partial charge is 0.307 e. The number of anilines is 1. The van der Waals surface area contributed by atoms with Crippen molar-refractivity contribution in [2.24, 2.45) is 0 Å². The van der Waals surface area contributed by atoms with E-state index in [-0.39, 0.29) is 12.3 Å². The summed E-state index contributed by atoms with van der Waals surface area (Å²) in [4.78, 5) is 23.2. The zero-order valence-corrected chi connectivity index (χ0v) is 12.1. The van der Waals surface area contributed by atoms with Gasteiger partial charge in [0, 0.05) is 5.69 Å². The van der Waals surface area contributed by atoms with Gasteiger partial charge in [-0.05, 0) is 45.8 Å². The molecular formula is C13H10BrNO3S. The Morgan fingerprint density at radius 3 is 2.68 bits per heavy atom. The molecule has 0 aliphatic rings. The van der Waals surface area contributed by atoms with Gasteiger partial charge >= 0.3 is 5.97 Å². The third-order valence-electron chi connectivity index (χ3n) is 2.34. The van der Waals surface area contributed by atoms with Crippen molar-refractivity contribution in [3.8, 4) is 0 Å². The van der Waals surface area contributed by atoms with Crippen LogP contribution in [-0.4, -0.2) is 17.0 Å². The van der Waals surface area contributed by atoms with Crippen LogP contribution in [0.25, 0.3) is 0 Å². The minimum absolute atomic E-state index is 0.0612. The molecule has 2 aromatic rings. The summed E-state index contributed by atoms with van der Waals surface area (Å²) in [5.41, 5.74) is 1.24. The van der Waals surface area contributed by atoms with Crippen molar-refractivity contribution in [2.45, 2.75) is 6.42 Å². The first-order valence-corrected chi connectivity index (χ1v) is 7.03. The number of rotatable bonds is 4. The monoisotopic (exact) mass is 339 g/mol. The molecule has 2 N–H and O–H groups in total. The number of carbonyl (C=O) groups excluding carboxylic acids is 1. The van der Waals surface area contributed by atoms with Gasteiger partial charge in [0.2, 0.25) is 0 Å². The summed E-state index contributed by atoms with van der Waals surface area (Å²) < 4.78 is 0.886. The lowest BCUT2D eigenvalue weighted by atomic mass is 10.1. The fourth-order valence-electron chi connectivity index (χ4n) is 1.56. The predicted octanol–water partition coefficient (Wildman–Crippen LogP) is 3.39. The first-order valence-electron chi connectivity index (χ1n) is 5.42. The summed E-state index contributed by atoms with van der Waals surface area (Å²) in [6.07, 6.45) is -0.0612. The molecular weight excluding hydrogens is 330 g/mol. The fraction of sp³-hybridized carbons (Fsp3) is 0.0769. The molecule has 1 aromatic carbocycles. The molecule has 2 rings (SSSR count). The lowest BCUT2D eigenvalue weighted by Crippen LogP contribution is -2.10. The van der Waals surface area contributed by atoms with Crippen molar-refractivity contribution in [3.05, 3.63) is 50.6 Å². The third-order valence-corrected chi connectivity index (χ3v) is 3.96. The highest BCUT2D eigenvalue weighted by atomic mass is 79.9. The Hall–Kier alpha value is -1.66. The Kier molecular flexibility index (Phi) is 4.34. The average molecular weight is 340 g/mol. The second-order valence-electron chi connectivity index (χ2n) is 3.83. The Morgan fingerprint density at radius 2 is 2.05 bits per heavy atom. The molecule has 0 saturated carbocycles. The Labute approximate surface area is 122 Å². The number of hydrogen-bond acceptors (Lipinski definition) is 3. The van der Waals surface area contributed by atoms with E-state index in [2.05, 4.69) is 21.2 Å². The van der Waals surface area contributed by atoms with E-state index in [1.807, 2.05) is 0 Å². The molecule has 0 atom stereocenters. The van der Waals surface area contributed by atoms with Crippen LogP contribution in [0.3, 0.4) is 0 Å². The molecule has 0 aliphatic carbocycles. The molecule has 1 amide bonds. The molecule has 0 fully saturated rings. The molecule has 0 spiro atoms.